The first kappa shape index (κ1) is 29.9. The van der Waals surface area contributed by atoms with Crippen molar-refractivity contribution in [3.63, 3.8) is 0 Å². The number of sulfonamides is 1. The van der Waals surface area contributed by atoms with Crippen LogP contribution in [0.4, 0.5) is 0 Å². The predicted octanol–water partition coefficient (Wildman–Crippen LogP) is 4.69. The zero-order valence-electron chi connectivity index (χ0n) is 23.7. The fourth-order valence-corrected chi connectivity index (χ4v) is 7.40. The van der Waals surface area contributed by atoms with Crippen LogP contribution in [0.1, 0.15) is 68.5 Å². The summed E-state index contributed by atoms with van der Waals surface area (Å²) < 4.78 is 29.2. The van der Waals surface area contributed by atoms with Crippen molar-refractivity contribution in [2.75, 3.05) is 6.54 Å². The maximum Gasteiger partial charge on any atom is 0.324 e. The monoisotopic (exact) mass is 590 g/mol. The summed E-state index contributed by atoms with van der Waals surface area (Å²) in [5.41, 5.74) is 3.90. The van der Waals surface area contributed by atoms with Gasteiger partial charge in [-0.2, -0.15) is 5.90 Å². The first-order valence-corrected chi connectivity index (χ1v) is 16.1. The standard InChI is InChI=1S/C32H38N4O5S/c33-41-31(37)19-8-23-6-9-24(10-7-23)25-13-17-29(18-14-25)42(39,40)35-28-15-11-26(12-16-28)32(38)36-21-2-1-5-30(36)27-4-3-20-34-22-27/h3-4,6-7,9-10,13-14,17-18,20,22,26,28,30,35H,1-2,5,8,11-12,15-16,19,21,33H2/t26-,28-,30?. The van der Waals surface area contributed by atoms with E-state index in [0.29, 0.717) is 32.1 Å². The summed E-state index contributed by atoms with van der Waals surface area (Å²) >= 11 is 0. The second kappa shape index (κ2) is 13.6. The van der Waals surface area contributed by atoms with Crippen LogP contribution in [0.3, 0.4) is 0 Å². The van der Waals surface area contributed by atoms with Gasteiger partial charge in [0.25, 0.3) is 0 Å². The molecule has 2 fully saturated rings. The molecule has 1 aliphatic heterocycles. The minimum absolute atomic E-state index is 0.0687. The molecule has 2 aliphatic rings. The molecule has 2 aromatic carbocycles. The van der Waals surface area contributed by atoms with Crippen molar-refractivity contribution >= 4 is 21.9 Å². The van der Waals surface area contributed by atoms with Crippen LogP contribution in [0, 0.1) is 5.92 Å². The van der Waals surface area contributed by atoms with Gasteiger partial charge in [-0.3, -0.25) is 14.6 Å². The highest BCUT2D eigenvalue weighted by Gasteiger charge is 2.35. The van der Waals surface area contributed by atoms with Crippen molar-refractivity contribution in [1.29, 1.82) is 0 Å². The quantitative estimate of drug-likeness (QED) is 0.346. The van der Waals surface area contributed by atoms with Crippen LogP contribution < -0.4 is 10.6 Å². The van der Waals surface area contributed by atoms with E-state index in [4.69, 9.17) is 5.90 Å². The summed E-state index contributed by atoms with van der Waals surface area (Å²) in [6.45, 7) is 0.760. The van der Waals surface area contributed by atoms with Crippen LogP contribution in [0.2, 0.25) is 0 Å². The fraction of sp³-hybridized carbons (Fsp3) is 0.406. The van der Waals surface area contributed by atoms with Crippen molar-refractivity contribution in [3.05, 3.63) is 84.2 Å². The van der Waals surface area contributed by atoms with E-state index in [9.17, 15) is 18.0 Å². The average Bonchev–Trinajstić information content (AvgIpc) is 3.04. The SMILES string of the molecule is NOC(=O)CCc1ccc(-c2ccc(S(=O)(=O)N[C@H]3CC[C@H](C(=O)N4CCCCC4c4cccnc4)CC3)cc2)cc1. The van der Waals surface area contributed by atoms with Gasteiger partial charge in [0.15, 0.2) is 0 Å². The number of rotatable bonds is 9. The predicted molar refractivity (Wildman–Crippen MR) is 159 cm³/mol. The van der Waals surface area contributed by atoms with Crippen molar-refractivity contribution in [2.24, 2.45) is 11.8 Å². The van der Waals surface area contributed by atoms with Gasteiger partial charge in [-0.15, -0.1) is 0 Å². The van der Waals surface area contributed by atoms with Crippen molar-refractivity contribution in [3.8, 4) is 11.1 Å². The number of carbonyl (C=O) groups is 2. The molecule has 1 aromatic heterocycles. The Labute approximate surface area is 247 Å². The number of nitrogens with zero attached hydrogens (tertiary/aromatic N) is 2. The number of hydrogen-bond acceptors (Lipinski definition) is 7. The van der Waals surface area contributed by atoms with Gasteiger partial charge in [0.2, 0.25) is 15.9 Å². The van der Waals surface area contributed by atoms with Crippen LogP contribution in [-0.2, 0) is 30.9 Å². The Morgan fingerprint density at radius 2 is 1.62 bits per heavy atom. The third-order valence-corrected chi connectivity index (χ3v) is 9.99. The number of aromatic nitrogens is 1. The molecular weight excluding hydrogens is 552 g/mol. The van der Waals surface area contributed by atoms with Gasteiger partial charge in [-0.1, -0.05) is 42.5 Å². The Morgan fingerprint density at radius 1 is 0.929 bits per heavy atom. The van der Waals surface area contributed by atoms with E-state index in [-0.39, 0.29) is 35.2 Å². The molecule has 10 heteroatoms. The van der Waals surface area contributed by atoms with Crippen molar-refractivity contribution < 1.29 is 22.8 Å². The molecule has 1 amide bonds. The lowest BCUT2D eigenvalue weighted by atomic mass is 9.84. The van der Waals surface area contributed by atoms with Crippen LogP contribution in [0.15, 0.2) is 78.0 Å². The van der Waals surface area contributed by atoms with E-state index < -0.39 is 16.0 Å². The number of nitrogens with one attached hydrogen (secondary N) is 1. The molecule has 0 radical (unpaired) electrons. The molecule has 1 saturated carbocycles. The van der Waals surface area contributed by atoms with Crippen LogP contribution in [-0.4, -0.2) is 42.8 Å². The molecule has 1 atom stereocenters. The lowest BCUT2D eigenvalue weighted by Gasteiger charge is -2.39. The van der Waals surface area contributed by atoms with Gasteiger partial charge in [0.1, 0.15) is 0 Å². The average molecular weight is 591 g/mol. The number of pyridine rings is 1. The number of piperidine rings is 1. The highest BCUT2D eigenvalue weighted by atomic mass is 32.2. The first-order valence-electron chi connectivity index (χ1n) is 14.7. The Bertz CT molecular complexity index is 1460. The molecule has 222 valence electrons. The summed E-state index contributed by atoms with van der Waals surface area (Å²) in [4.78, 5) is 35.5. The summed E-state index contributed by atoms with van der Waals surface area (Å²) in [7, 11) is -3.69. The molecule has 9 nitrogen and oxygen atoms in total. The normalized spacial score (nSPS) is 21.1. The molecule has 5 rings (SSSR count). The summed E-state index contributed by atoms with van der Waals surface area (Å²) in [6, 6.07) is 18.4. The molecule has 42 heavy (non-hydrogen) atoms. The number of amides is 1. The van der Waals surface area contributed by atoms with E-state index >= 15 is 0 Å². The number of nitrogens with two attached hydrogens (primary N) is 1. The van der Waals surface area contributed by atoms with Gasteiger partial charge < -0.3 is 9.74 Å². The fourth-order valence-electron chi connectivity index (χ4n) is 6.09. The number of aryl methyl sites for hydroxylation is 1. The van der Waals surface area contributed by atoms with Gasteiger partial charge in [-0.05, 0) is 91.8 Å². The second-order valence-electron chi connectivity index (χ2n) is 11.2. The molecule has 0 bridgehead atoms. The van der Waals surface area contributed by atoms with Crippen molar-refractivity contribution in [1.82, 2.24) is 14.6 Å². The molecule has 1 aliphatic carbocycles. The zero-order valence-corrected chi connectivity index (χ0v) is 24.5. The second-order valence-corrected chi connectivity index (χ2v) is 12.9. The van der Waals surface area contributed by atoms with Gasteiger partial charge in [0.05, 0.1) is 17.4 Å². The van der Waals surface area contributed by atoms with Gasteiger partial charge in [-0.25, -0.2) is 13.1 Å². The Kier molecular flexibility index (Phi) is 9.66. The number of hydrogen-bond donors (Lipinski definition) is 2. The summed E-state index contributed by atoms with van der Waals surface area (Å²) in [5.74, 6) is 4.53. The molecule has 1 unspecified atom stereocenters. The van der Waals surface area contributed by atoms with E-state index in [1.54, 1.807) is 30.5 Å². The third-order valence-electron chi connectivity index (χ3n) is 8.45. The van der Waals surface area contributed by atoms with Crippen LogP contribution in [0.5, 0.6) is 0 Å². The Hall–Kier alpha value is -3.60. The van der Waals surface area contributed by atoms with E-state index in [0.717, 1.165) is 48.1 Å². The highest BCUT2D eigenvalue weighted by molar-refractivity contribution is 7.89. The summed E-state index contributed by atoms with van der Waals surface area (Å²) in [5, 5.41) is 0. The number of likely N-dealkylation sites (tertiary alicyclic amines) is 1. The molecule has 0 spiro atoms. The molecule has 3 N–H and O–H groups in total. The van der Waals surface area contributed by atoms with E-state index in [1.807, 2.05) is 47.5 Å². The molecule has 2 heterocycles. The number of carbonyl (C=O) groups excluding carboxylic acids is 2. The smallest absolute Gasteiger partial charge is 0.324 e. The van der Waals surface area contributed by atoms with Crippen LogP contribution in [0.25, 0.3) is 11.1 Å². The van der Waals surface area contributed by atoms with Gasteiger partial charge >= 0.3 is 5.97 Å². The Morgan fingerprint density at radius 3 is 2.26 bits per heavy atom. The van der Waals surface area contributed by atoms with E-state index in [2.05, 4.69) is 14.5 Å². The Balaban J connectivity index is 1.15. The van der Waals surface area contributed by atoms with Crippen molar-refractivity contribution in [2.45, 2.75) is 74.8 Å². The maximum atomic E-state index is 13.5. The maximum absolute atomic E-state index is 13.5. The minimum Gasteiger partial charge on any atom is -0.373 e. The first-order chi connectivity index (χ1) is 20.3. The van der Waals surface area contributed by atoms with Crippen LogP contribution >= 0.6 is 0 Å². The highest BCUT2D eigenvalue weighted by Crippen LogP contribution is 2.35. The summed E-state index contributed by atoms with van der Waals surface area (Å²) in [6.07, 6.45) is 10.0. The van der Waals surface area contributed by atoms with Gasteiger partial charge in [0, 0.05) is 30.9 Å². The molecular formula is C32H38N4O5S. The lowest BCUT2D eigenvalue weighted by Crippen LogP contribution is -2.45. The lowest BCUT2D eigenvalue weighted by molar-refractivity contribution is -0.144. The topological polar surface area (TPSA) is 132 Å². The molecule has 1 saturated heterocycles. The third kappa shape index (κ3) is 7.24. The number of benzene rings is 2. The molecule has 3 aromatic rings. The largest absolute Gasteiger partial charge is 0.373 e. The van der Waals surface area contributed by atoms with E-state index in [1.165, 1.54) is 0 Å². The minimum atomic E-state index is -3.69. The zero-order chi connectivity index (χ0) is 29.5.